The first-order chi connectivity index (χ1) is 7.74. The van der Waals surface area contributed by atoms with E-state index in [1.165, 1.54) is 0 Å². The van der Waals surface area contributed by atoms with E-state index in [9.17, 15) is 0 Å². The van der Waals surface area contributed by atoms with Gasteiger partial charge in [0.15, 0.2) is 5.16 Å². The quantitative estimate of drug-likeness (QED) is 0.740. The van der Waals surface area contributed by atoms with Crippen LogP contribution in [0.4, 0.5) is 0 Å². The molecule has 0 bridgehead atoms. The maximum absolute atomic E-state index is 5.42. The molecular weight excluding hydrogens is 200 g/mol. The summed E-state index contributed by atoms with van der Waals surface area (Å²) >= 11 is 0. The normalized spacial score (nSPS) is 11.0. The predicted octanol–water partition coefficient (Wildman–Crippen LogP) is 2.64. The van der Waals surface area contributed by atoms with Gasteiger partial charge in [-0.25, -0.2) is 4.52 Å². The first kappa shape index (κ1) is 10.9. The fraction of sp³-hybridized carbons (Fsp3) is 0.385. The fourth-order valence-electron chi connectivity index (χ4n) is 1.75. The van der Waals surface area contributed by atoms with Crippen molar-refractivity contribution < 1.29 is 9.09 Å². The second-order valence-electron chi connectivity index (χ2n) is 4.12. The number of nitrogens with zero attached hydrogens (tertiary/aromatic N) is 2. The Kier molecular flexibility index (Phi) is 3.04. The van der Waals surface area contributed by atoms with Crippen LogP contribution in [0.15, 0.2) is 34.9 Å². The molecule has 1 aromatic heterocycles. The van der Waals surface area contributed by atoms with Crippen LogP contribution >= 0.6 is 0 Å². The largest absolute Gasteiger partial charge is 0.353 e. The van der Waals surface area contributed by atoms with Gasteiger partial charge in [-0.15, -0.1) is 0 Å². The van der Waals surface area contributed by atoms with Gasteiger partial charge in [0.05, 0.1) is 12.3 Å². The van der Waals surface area contributed by atoms with Crippen molar-refractivity contribution in [3.63, 3.8) is 0 Å². The summed E-state index contributed by atoms with van der Waals surface area (Å²) in [5, 5.41) is 4.12. The average molecular weight is 217 g/mol. The van der Waals surface area contributed by atoms with Crippen LogP contribution in [-0.4, -0.2) is 5.16 Å². The van der Waals surface area contributed by atoms with Crippen molar-refractivity contribution in [2.24, 2.45) is 0 Å². The molecule has 0 unspecified atom stereocenters. The van der Waals surface area contributed by atoms with Gasteiger partial charge in [-0.1, -0.05) is 39.0 Å². The maximum Gasteiger partial charge on any atom is 0.353 e. The molecule has 16 heavy (non-hydrogen) atoms. The van der Waals surface area contributed by atoms with Crippen LogP contribution in [0.5, 0.6) is 0 Å². The fourth-order valence-corrected chi connectivity index (χ4v) is 1.75. The van der Waals surface area contributed by atoms with Crippen LogP contribution in [0.25, 0.3) is 5.69 Å². The Bertz CT molecular complexity index is 460. The lowest BCUT2D eigenvalue weighted by Gasteiger charge is -2.01. The predicted molar refractivity (Wildman–Crippen MR) is 61.5 cm³/mol. The van der Waals surface area contributed by atoms with Gasteiger partial charge in [-0.2, -0.15) is 4.57 Å². The lowest BCUT2D eigenvalue weighted by molar-refractivity contribution is -0.618. The van der Waals surface area contributed by atoms with Gasteiger partial charge in [-0.3, -0.25) is 0 Å². The van der Waals surface area contributed by atoms with Crippen molar-refractivity contribution in [2.75, 3.05) is 0 Å². The smallest absolute Gasteiger partial charge is 0.217 e. The highest BCUT2D eigenvalue weighted by atomic mass is 16.5. The Labute approximate surface area is 95.7 Å². The third kappa shape index (κ3) is 1.85. The van der Waals surface area contributed by atoms with Crippen molar-refractivity contribution in [1.82, 2.24) is 5.16 Å². The molecule has 3 nitrogen and oxygen atoms in total. The highest BCUT2D eigenvalue weighted by Crippen LogP contribution is 2.13. The zero-order valence-electron chi connectivity index (χ0n) is 9.97. The second kappa shape index (κ2) is 4.47. The zero-order valence-corrected chi connectivity index (χ0v) is 9.97. The molecule has 0 aliphatic carbocycles. The number of hydrogen-bond acceptors (Lipinski definition) is 2. The highest BCUT2D eigenvalue weighted by molar-refractivity contribution is 5.22. The Morgan fingerprint density at radius 1 is 1.25 bits per heavy atom. The van der Waals surface area contributed by atoms with E-state index in [0.717, 1.165) is 23.8 Å². The number of aromatic nitrogens is 2. The van der Waals surface area contributed by atoms with Crippen LogP contribution in [0.1, 0.15) is 38.4 Å². The van der Waals surface area contributed by atoms with Crippen molar-refractivity contribution in [3.05, 3.63) is 42.0 Å². The molecule has 0 saturated carbocycles. The monoisotopic (exact) mass is 217 g/mol. The number of hydrogen-bond donors (Lipinski definition) is 0. The van der Waals surface area contributed by atoms with Crippen molar-refractivity contribution in [1.29, 1.82) is 0 Å². The lowest BCUT2D eigenvalue weighted by atomic mass is 10.2. The Balaban J connectivity index is 2.57. The number of para-hydroxylation sites is 1. The third-order valence-electron chi connectivity index (χ3n) is 2.55. The van der Waals surface area contributed by atoms with Crippen LogP contribution < -0.4 is 4.57 Å². The molecular formula is C13H17N2O+. The van der Waals surface area contributed by atoms with Crippen LogP contribution in [0, 0.1) is 0 Å². The first-order valence-corrected chi connectivity index (χ1v) is 5.70. The van der Waals surface area contributed by atoms with Gasteiger partial charge in [0.1, 0.15) is 5.69 Å². The van der Waals surface area contributed by atoms with Gasteiger partial charge < -0.3 is 0 Å². The Morgan fingerprint density at radius 2 is 1.94 bits per heavy atom. The summed E-state index contributed by atoms with van der Waals surface area (Å²) in [5.41, 5.74) is 1.12. The third-order valence-corrected chi connectivity index (χ3v) is 2.55. The topological polar surface area (TPSA) is 29.9 Å². The van der Waals surface area contributed by atoms with E-state index in [0.29, 0.717) is 5.92 Å². The molecule has 0 saturated heterocycles. The molecule has 0 spiro atoms. The molecule has 3 heteroatoms. The van der Waals surface area contributed by atoms with Gasteiger partial charge in [0.25, 0.3) is 0 Å². The maximum atomic E-state index is 5.42. The van der Waals surface area contributed by atoms with Gasteiger partial charge in [0.2, 0.25) is 0 Å². The first-order valence-electron chi connectivity index (χ1n) is 5.70. The van der Waals surface area contributed by atoms with Crippen LogP contribution in [-0.2, 0) is 6.42 Å². The molecule has 2 aromatic rings. The highest BCUT2D eigenvalue weighted by Gasteiger charge is 2.26. The molecule has 0 aliphatic heterocycles. The molecule has 0 amide bonds. The minimum Gasteiger partial charge on any atom is -0.217 e. The van der Waals surface area contributed by atoms with Crippen molar-refractivity contribution in [3.8, 4) is 5.69 Å². The molecule has 0 radical (unpaired) electrons. The number of aryl methyl sites for hydroxylation is 1. The second-order valence-corrected chi connectivity index (χ2v) is 4.12. The van der Waals surface area contributed by atoms with Gasteiger partial charge >= 0.3 is 11.7 Å². The Hall–Kier alpha value is -1.64. The molecule has 0 fully saturated rings. The van der Waals surface area contributed by atoms with Crippen molar-refractivity contribution >= 4 is 0 Å². The van der Waals surface area contributed by atoms with E-state index in [1.54, 1.807) is 0 Å². The van der Waals surface area contributed by atoms with E-state index in [1.807, 2.05) is 18.2 Å². The molecule has 0 atom stereocenters. The average Bonchev–Trinajstić information content (AvgIpc) is 2.73. The summed E-state index contributed by atoms with van der Waals surface area (Å²) in [7, 11) is 0. The molecule has 1 aromatic carbocycles. The number of rotatable bonds is 3. The lowest BCUT2D eigenvalue weighted by Crippen LogP contribution is -2.37. The zero-order chi connectivity index (χ0) is 11.5. The van der Waals surface area contributed by atoms with Gasteiger partial charge in [-0.05, 0) is 12.1 Å². The van der Waals surface area contributed by atoms with E-state index in [2.05, 4.69) is 42.6 Å². The molecule has 2 rings (SSSR count). The molecule has 0 N–H and O–H groups in total. The van der Waals surface area contributed by atoms with Crippen LogP contribution in [0.3, 0.4) is 0 Å². The summed E-state index contributed by atoms with van der Waals surface area (Å²) in [4.78, 5) is 0. The Morgan fingerprint density at radius 3 is 2.50 bits per heavy atom. The van der Waals surface area contributed by atoms with E-state index in [4.69, 9.17) is 4.52 Å². The SMILES string of the molecule is CCc1noc(C(C)C)[n+]1-c1ccccc1. The van der Waals surface area contributed by atoms with E-state index < -0.39 is 0 Å². The summed E-state index contributed by atoms with van der Waals surface area (Å²) in [5.74, 6) is 2.20. The molecule has 84 valence electrons. The standard InChI is InChI=1S/C13H17N2O/c1-4-12-14-16-13(10(2)3)15(12)11-8-6-5-7-9-11/h5-10H,4H2,1-3H3/q+1. The van der Waals surface area contributed by atoms with E-state index in [-0.39, 0.29) is 0 Å². The summed E-state index contributed by atoms with van der Waals surface area (Å²) in [6.07, 6.45) is 0.866. The van der Waals surface area contributed by atoms with Crippen molar-refractivity contribution in [2.45, 2.75) is 33.1 Å². The molecule has 0 aliphatic rings. The summed E-state index contributed by atoms with van der Waals surface area (Å²) in [6.45, 7) is 6.31. The van der Waals surface area contributed by atoms with E-state index >= 15 is 0 Å². The van der Waals surface area contributed by atoms with Gasteiger partial charge in [0, 0.05) is 0 Å². The molecule has 1 heterocycles. The minimum absolute atomic E-state index is 0.327. The minimum atomic E-state index is 0.327. The summed E-state index contributed by atoms with van der Waals surface area (Å²) in [6, 6.07) is 10.2. The number of benzene rings is 1. The van der Waals surface area contributed by atoms with Crippen LogP contribution in [0.2, 0.25) is 0 Å². The summed E-state index contributed by atoms with van der Waals surface area (Å²) < 4.78 is 7.52.